The minimum atomic E-state index is -0.591. The fourth-order valence-corrected chi connectivity index (χ4v) is 3.02. The molecule has 1 aliphatic rings. The van der Waals surface area contributed by atoms with Crippen LogP contribution in [-0.4, -0.2) is 5.11 Å². The predicted octanol–water partition coefficient (Wildman–Crippen LogP) is 4.35. The summed E-state index contributed by atoms with van der Waals surface area (Å²) in [7, 11) is 0. The summed E-state index contributed by atoms with van der Waals surface area (Å²) in [5.41, 5.74) is 1.72. The third-order valence-corrected chi connectivity index (χ3v) is 4.53. The second-order valence-electron chi connectivity index (χ2n) is 5.10. The highest BCUT2D eigenvalue weighted by Gasteiger charge is 2.50. The first-order chi connectivity index (χ1) is 9.13. The van der Waals surface area contributed by atoms with Gasteiger partial charge >= 0.3 is 0 Å². The van der Waals surface area contributed by atoms with Crippen LogP contribution >= 0.6 is 15.9 Å². The molecular weight excluding hydrogens is 307 g/mol. The lowest BCUT2D eigenvalue weighted by atomic mass is 9.86. The third-order valence-electron chi connectivity index (χ3n) is 3.92. The SMILES string of the molecule is OC(c1ccc(F)c(Br)c1)C1(c2ccccc2)CC1. The van der Waals surface area contributed by atoms with Gasteiger partial charge in [0.25, 0.3) is 0 Å². The smallest absolute Gasteiger partial charge is 0.137 e. The van der Waals surface area contributed by atoms with E-state index in [0.717, 1.165) is 24.0 Å². The molecule has 3 rings (SSSR count). The predicted molar refractivity (Wildman–Crippen MR) is 76.4 cm³/mol. The van der Waals surface area contributed by atoms with Gasteiger partial charge in [0.15, 0.2) is 0 Å². The summed E-state index contributed by atoms with van der Waals surface area (Å²) in [6.45, 7) is 0. The van der Waals surface area contributed by atoms with Crippen LogP contribution < -0.4 is 0 Å². The number of halogens is 2. The first-order valence-corrected chi connectivity index (χ1v) is 7.11. The number of hydrogen-bond donors (Lipinski definition) is 1. The Bertz CT molecular complexity index is 593. The molecule has 0 bridgehead atoms. The van der Waals surface area contributed by atoms with Gasteiger partial charge in [0.2, 0.25) is 0 Å². The van der Waals surface area contributed by atoms with E-state index in [-0.39, 0.29) is 11.2 Å². The number of benzene rings is 2. The van der Waals surface area contributed by atoms with Crippen molar-refractivity contribution < 1.29 is 9.50 Å². The molecule has 98 valence electrons. The van der Waals surface area contributed by atoms with Gasteiger partial charge in [0, 0.05) is 5.41 Å². The van der Waals surface area contributed by atoms with E-state index in [4.69, 9.17) is 0 Å². The molecule has 0 radical (unpaired) electrons. The fourth-order valence-electron chi connectivity index (χ4n) is 2.63. The average molecular weight is 321 g/mol. The van der Waals surface area contributed by atoms with Gasteiger partial charge in [0.1, 0.15) is 5.82 Å². The molecule has 0 amide bonds. The Morgan fingerprint density at radius 3 is 2.37 bits per heavy atom. The molecule has 1 saturated carbocycles. The topological polar surface area (TPSA) is 20.2 Å². The van der Waals surface area contributed by atoms with Crippen LogP contribution in [0.5, 0.6) is 0 Å². The minimum Gasteiger partial charge on any atom is -0.387 e. The number of hydrogen-bond acceptors (Lipinski definition) is 1. The fraction of sp³-hybridized carbons (Fsp3) is 0.250. The van der Waals surface area contributed by atoms with Crippen molar-refractivity contribution in [2.45, 2.75) is 24.4 Å². The van der Waals surface area contributed by atoms with Crippen LogP contribution in [0.15, 0.2) is 53.0 Å². The van der Waals surface area contributed by atoms with Crippen LogP contribution in [0, 0.1) is 5.82 Å². The van der Waals surface area contributed by atoms with Gasteiger partial charge in [-0.25, -0.2) is 4.39 Å². The lowest BCUT2D eigenvalue weighted by molar-refractivity contribution is 0.133. The first-order valence-electron chi connectivity index (χ1n) is 6.32. The molecule has 2 aromatic carbocycles. The van der Waals surface area contributed by atoms with Crippen molar-refractivity contribution in [3.8, 4) is 0 Å². The van der Waals surface area contributed by atoms with Crippen molar-refractivity contribution in [3.05, 3.63) is 69.9 Å². The molecular formula is C16H14BrFO. The standard InChI is InChI=1S/C16H14BrFO/c17-13-10-11(6-7-14(13)18)15(19)16(8-9-16)12-4-2-1-3-5-12/h1-7,10,15,19H,8-9H2. The van der Waals surface area contributed by atoms with Crippen molar-refractivity contribution in [2.24, 2.45) is 0 Å². The maximum absolute atomic E-state index is 13.3. The number of aliphatic hydroxyl groups excluding tert-OH is 1. The molecule has 19 heavy (non-hydrogen) atoms. The zero-order chi connectivity index (χ0) is 13.5. The normalized spacial score (nSPS) is 18.1. The number of rotatable bonds is 3. The van der Waals surface area contributed by atoms with Gasteiger partial charge in [-0.05, 0) is 52.0 Å². The molecule has 1 nitrogen and oxygen atoms in total. The molecule has 3 heteroatoms. The Balaban J connectivity index is 1.96. The Labute approximate surface area is 120 Å². The van der Waals surface area contributed by atoms with E-state index in [2.05, 4.69) is 28.1 Å². The Morgan fingerprint density at radius 2 is 1.79 bits per heavy atom. The third kappa shape index (κ3) is 2.21. The van der Waals surface area contributed by atoms with Crippen LogP contribution in [0.1, 0.15) is 30.1 Å². The molecule has 1 aliphatic carbocycles. The second kappa shape index (κ2) is 4.73. The van der Waals surface area contributed by atoms with E-state index >= 15 is 0 Å². The maximum Gasteiger partial charge on any atom is 0.137 e. The average Bonchev–Trinajstić information content (AvgIpc) is 3.24. The van der Waals surface area contributed by atoms with Gasteiger partial charge in [-0.2, -0.15) is 0 Å². The summed E-state index contributed by atoms with van der Waals surface area (Å²) in [4.78, 5) is 0. The number of aliphatic hydroxyl groups is 1. The van der Waals surface area contributed by atoms with Crippen molar-refractivity contribution in [2.75, 3.05) is 0 Å². The second-order valence-corrected chi connectivity index (χ2v) is 5.95. The highest BCUT2D eigenvalue weighted by molar-refractivity contribution is 9.10. The summed E-state index contributed by atoms with van der Waals surface area (Å²) < 4.78 is 13.7. The summed E-state index contributed by atoms with van der Waals surface area (Å²) in [5.74, 6) is -0.305. The van der Waals surface area contributed by atoms with Crippen molar-refractivity contribution in [1.29, 1.82) is 0 Å². The summed E-state index contributed by atoms with van der Waals surface area (Å²) in [6.07, 6.45) is 1.34. The van der Waals surface area contributed by atoms with Crippen molar-refractivity contribution in [3.63, 3.8) is 0 Å². The lowest BCUT2D eigenvalue weighted by Gasteiger charge is -2.23. The highest BCUT2D eigenvalue weighted by Crippen LogP contribution is 2.56. The Kier molecular flexibility index (Phi) is 3.19. The van der Waals surface area contributed by atoms with E-state index in [0.29, 0.717) is 4.47 Å². The van der Waals surface area contributed by atoms with E-state index < -0.39 is 6.10 Å². The van der Waals surface area contributed by atoms with E-state index in [1.54, 1.807) is 12.1 Å². The molecule has 1 atom stereocenters. The Morgan fingerprint density at radius 1 is 1.11 bits per heavy atom. The molecule has 2 aromatic rings. The largest absolute Gasteiger partial charge is 0.387 e. The zero-order valence-corrected chi connectivity index (χ0v) is 11.9. The van der Waals surface area contributed by atoms with Gasteiger partial charge in [-0.15, -0.1) is 0 Å². The molecule has 1 unspecified atom stereocenters. The summed E-state index contributed by atoms with van der Waals surface area (Å²) in [5, 5.41) is 10.6. The quantitative estimate of drug-likeness (QED) is 0.891. The van der Waals surface area contributed by atoms with Crippen LogP contribution in [-0.2, 0) is 5.41 Å². The molecule has 1 fully saturated rings. The Hall–Kier alpha value is -1.19. The van der Waals surface area contributed by atoms with Gasteiger partial charge in [-0.3, -0.25) is 0 Å². The monoisotopic (exact) mass is 320 g/mol. The van der Waals surface area contributed by atoms with Gasteiger partial charge < -0.3 is 5.11 Å². The van der Waals surface area contributed by atoms with Crippen LogP contribution in [0.3, 0.4) is 0 Å². The van der Waals surface area contributed by atoms with Gasteiger partial charge in [0.05, 0.1) is 10.6 Å². The van der Waals surface area contributed by atoms with E-state index in [1.165, 1.54) is 6.07 Å². The molecule has 0 aliphatic heterocycles. The van der Waals surface area contributed by atoms with Crippen LogP contribution in [0.2, 0.25) is 0 Å². The minimum absolute atomic E-state index is 0.196. The summed E-state index contributed by atoms with van der Waals surface area (Å²) in [6, 6.07) is 14.8. The summed E-state index contributed by atoms with van der Waals surface area (Å²) >= 11 is 3.17. The van der Waals surface area contributed by atoms with E-state index in [1.807, 2.05) is 18.2 Å². The van der Waals surface area contributed by atoms with Crippen LogP contribution in [0.25, 0.3) is 0 Å². The van der Waals surface area contributed by atoms with E-state index in [9.17, 15) is 9.50 Å². The molecule has 0 saturated heterocycles. The van der Waals surface area contributed by atoms with Crippen LogP contribution in [0.4, 0.5) is 4.39 Å². The first kappa shape index (κ1) is 12.8. The van der Waals surface area contributed by atoms with Crippen molar-refractivity contribution in [1.82, 2.24) is 0 Å². The highest BCUT2D eigenvalue weighted by atomic mass is 79.9. The lowest BCUT2D eigenvalue weighted by Crippen LogP contribution is -2.18. The molecule has 0 heterocycles. The molecule has 0 aromatic heterocycles. The molecule has 0 spiro atoms. The van der Waals surface area contributed by atoms with Gasteiger partial charge in [-0.1, -0.05) is 36.4 Å². The molecule has 1 N–H and O–H groups in total. The van der Waals surface area contributed by atoms with Crippen molar-refractivity contribution >= 4 is 15.9 Å². The zero-order valence-electron chi connectivity index (χ0n) is 10.3. The maximum atomic E-state index is 13.3.